The molecule has 0 saturated carbocycles. The van der Waals surface area contributed by atoms with E-state index in [0.29, 0.717) is 57.2 Å². The molecule has 0 radical (unpaired) electrons. The molecule has 0 atom stereocenters. The van der Waals surface area contributed by atoms with E-state index in [9.17, 15) is 14.4 Å². The Balaban J connectivity index is 1.59. The summed E-state index contributed by atoms with van der Waals surface area (Å²) in [4.78, 5) is 41.7. The fourth-order valence-corrected chi connectivity index (χ4v) is 3.72. The van der Waals surface area contributed by atoms with Gasteiger partial charge >= 0.3 is 0 Å². The normalized spacial score (nSPS) is 16.5. The summed E-state index contributed by atoms with van der Waals surface area (Å²) >= 11 is 0. The Morgan fingerprint density at radius 1 is 0.821 bits per heavy atom. The molecule has 0 unspecified atom stereocenters. The average Bonchev–Trinajstić information content (AvgIpc) is 2.72. The van der Waals surface area contributed by atoms with Crippen molar-refractivity contribution in [3.05, 3.63) is 23.3 Å². The first-order chi connectivity index (χ1) is 13.4. The second-order valence-electron chi connectivity index (χ2n) is 7.10. The molecule has 28 heavy (non-hydrogen) atoms. The minimum Gasteiger partial charge on any atom is -0.493 e. The molecule has 1 aromatic rings. The average molecular weight is 389 g/mol. The van der Waals surface area contributed by atoms with Crippen LogP contribution in [0.4, 0.5) is 0 Å². The summed E-state index contributed by atoms with van der Waals surface area (Å²) < 4.78 is 10.7. The number of nitrogens with zero attached hydrogens (tertiary/aromatic N) is 3. The zero-order valence-corrected chi connectivity index (χ0v) is 16.7. The van der Waals surface area contributed by atoms with Gasteiger partial charge in [-0.05, 0) is 29.7 Å². The van der Waals surface area contributed by atoms with Gasteiger partial charge in [-0.15, -0.1) is 0 Å². The second-order valence-corrected chi connectivity index (χ2v) is 7.10. The van der Waals surface area contributed by atoms with Gasteiger partial charge in [0.25, 0.3) is 0 Å². The van der Waals surface area contributed by atoms with Crippen molar-refractivity contribution in [3.63, 3.8) is 0 Å². The minimum absolute atomic E-state index is 0.0159. The first-order valence-electron chi connectivity index (χ1n) is 9.47. The number of methoxy groups -OCH3 is 2. The molecule has 1 saturated heterocycles. The van der Waals surface area contributed by atoms with E-state index in [1.165, 1.54) is 6.92 Å². The fourth-order valence-electron chi connectivity index (χ4n) is 3.72. The number of fused-ring (bicyclic) bond motifs is 1. The number of piperazine rings is 1. The van der Waals surface area contributed by atoms with Gasteiger partial charge in [-0.2, -0.15) is 0 Å². The quantitative estimate of drug-likeness (QED) is 0.708. The Hall–Kier alpha value is -2.77. The van der Waals surface area contributed by atoms with E-state index in [1.807, 2.05) is 12.1 Å². The zero-order valence-electron chi connectivity index (χ0n) is 16.7. The molecule has 152 valence electrons. The lowest BCUT2D eigenvalue weighted by Crippen LogP contribution is -2.51. The smallest absolute Gasteiger partial charge is 0.232 e. The van der Waals surface area contributed by atoms with Crippen LogP contribution in [0.1, 0.15) is 24.5 Å². The highest BCUT2D eigenvalue weighted by Gasteiger charge is 2.28. The Morgan fingerprint density at radius 3 is 1.93 bits per heavy atom. The number of amides is 3. The Bertz CT molecular complexity index is 771. The molecule has 8 nitrogen and oxygen atoms in total. The van der Waals surface area contributed by atoms with E-state index in [1.54, 1.807) is 28.9 Å². The summed E-state index contributed by atoms with van der Waals surface area (Å²) in [6.07, 6.45) is 0.579. The summed E-state index contributed by atoms with van der Waals surface area (Å²) in [6, 6.07) is 3.85. The minimum atomic E-state index is -0.175. The molecule has 2 aliphatic heterocycles. The number of hydrogen-bond acceptors (Lipinski definition) is 5. The monoisotopic (exact) mass is 389 g/mol. The zero-order chi connectivity index (χ0) is 20.3. The predicted molar refractivity (Wildman–Crippen MR) is 102 cm³/mol. The van der Waals surface area contributed by atoms with Crippen molar-refractivity contribution in [2.45, 2.75) is 26.3 Å². The Kier molecular flexibility index (Phi) is 6.06. The van der Waals surface area contributed by atoms with Gasteiger partial charge in [-0.25, -0.2) is 0 Å². The first kappa shape index (κ1) is 20.0. The van der Waals surface area contributed by atoms with Crippen molar-refractivity contribution in [3.8, 4) is 11.5 Å². The summed E-state index contributed by atoms with van der Waals surface area (Å²) in [5.41, 5.74) is 2.15. The molecule has 8 heteroatoms. The molecule has 0 spiro atoms. The fraction of sp³-hybridized carbons (Fsp3) is 0.550. The summed E-state index contributed by atoms with van der Waals surface area (Å²) in [6.45, 7) is 4.56. The SMILES string of the molecule is COc1cc2c(cc1OC)CN(C(=O)CC(=O)N1CCN(C(C)=O)CC1)CC2. The number of ether oxygens (including phenoxy) is 2. The number of hydrogen-bond donors (Lipinski definition) is 0. The van der Waals surface area contributed by atoms with Gasteiger partial charge in [0.15, 0.2) is 11.5 Å². The highest BCUT2D eigenvalue weighted by molar-refractivity contribution is 5.97. The van der Waals surface area contributed by atoms with Crippen molar-refractivity contribution in [2.75, 3.05) is 46.9 Å². The molecule has 0 N–H and O–H groups in total. The molecular formula is C20H27N3O5. The van der Waals surface area contributed by atoms with E-state index >= 15 is 0 Å². The van der Waals surface area contributed by atoms with Crippen molar-refractivity contribution >= 4 is 17.7 Å². The maximum atomic E-state index is 12.7. The molecular weight excluding hydrogens is 362 g/mol. The lowest BCUT2D eigenvalue weighted by Gasteiger charge is -2.35. The van der Waals surface area contributed by atoms with Gasteiger partial charge in [0, 0.05) is 46.2 Å². The maximum absolute atomic E-state index is 12.7. The Morgan fingerprint density at radius 2 is 1.36 bits per heavy atom. The van der Waals surface area contributed by atoms with E-state index in [4.69, 9.17) is 9.47 Å². The van der Waals surface area contributed by atoms with E-state index < -0.39 is 0 Å². The molecule has 1 fully saturated rings. The van der Waals surface area contributed by atoms with Crippen molar-refractivity contribution < 1.29 is 23.9 Å². The van der Waals surface area contributed by atoms with Crippen LogP contribution in [-0.2, 0) is 27.3 Å². The van der Waals surface area contributed by atoms with Gasteiger partial charge in [-0.3, -0.25) is 14.4 Å². The topological polar surface area (TPSA) is 79.4 Å². The van der Waals surface area contributed by atoms with Crippen LogP contribution in [0.3, 0.4) is 0 Å². The van der Waals surface area contributed by atoms with Crippen LogP contribution in [0.2, 0.25) is 0 Å². The first-order valence-corrected chi connectivity index (χ1v) is 9.47. The van der Waals surface area contributed by atoms with Crippen molar-refractivity contribution in [2.24, 2.45) is 0 Å². The highest BCUT2D eigenvalue weighted by atomic mass is 16.5. The van der Waals surface area contributed by atoms with Gasteiger partial charge in [0.2, 0.25) is 17.7 Å². The van der Waals surface area contributed by atoms with Crippen LogP contribution in [0, 0.1) is 0 Å². The highest BCUT2D eigenvalue weighted by Crippen LogP contribution is 2.33. The van der Waals surface area contributed by atoms with Gasteiger partial charge in [0.05, 0.1) is 14.2 Å². The largest absolute Gasteiger partial charge is 0.493 e. The van der Waals surface area contributed by atoms with Crippen LogP contribution in [0.15, 0.2) is 12.1 Å². The van der Waals surface area contributed by atoms with Gasteiger partial charge in [-0.1, -0.05) is 0 Å². The summed E-state index contributed by atoms with van der Waals surface area (Å²) in [5.74, 6) is 0.990. The van der Waals surface area contributed by atoms with Gasteiger partial charge < -0.3 is 24.2 Å². The van der Waals surface area contributed by atoms with Crippen LogP contribution in [0.5, 0.6) is 11.5 Å². The lowest BCUT2D eigenvalue weighted by atomic mass is 9.98. The van der Waals surface area contributed by atoms with Crippen LogP contribution in [0.25, 0.3) is 0 Å². The van der Waals surface area contributed by atoms with Crippen molar-refractivity contribution in [1.82, 2.24) is 14.7 Å². The number of benzene rings is 1. The second kappa shape index (κ2) is 8.50. The van der Waals surface area contributed by atoms with E-state index in [0.717, 1.165) is 11.1 Å². The third kappa shape index (κ3) is 4.21. The van der Waals surface area contributed by atoms with Crippen LogP contribution < -0.4 is 9.47 Å². The molecule has 2 heterocycles. The summed E-state index contributed by atoms with van der Waals surface area (Å²) in [7, 11) is 3.19. The standard InChI is InChI=1S/C20H27N3O5/c1-14(24)21-6-8-22(9-7-21)19(25)12-20(26)23-5-4-15-10-17(27-2)18(28-3)11-16(15)13-23/h10-11H,4-9,12-13H2,1-3H3. The predicted octanol–water partition coefficient (Wildman–Crippen LogP) is 0.669. The third-order valence-electron chi connectivity index (χ3n) is 5.45. The molecule has 0 aliphatic carbocycles. The molecule has 3 rings (SSSR count). The van der Waals surface area contributed by atoms with E-state index in [-0.39, 0.29) is 24.1 Å². The lowest BCUT2D eigenvalue weighted by molar-refractivity contribution is -0.144. The molecule has 0 bridgehead atoms. The van der Waals surface area contributed by atoms with Crippen molar-refractivity contribution in [1.29, 1.82) is 0 Å². The molecule has 1 aromatic carbocycles. The number of carbonyl (C=O) groups is 3. The number of carbonyl (C=O) groups excluding carboxylic acids is 3. The molecule has 2 aliphatic rings. The summed E-state index contributed by atoms with van der Waals surface area (Å²) in [5, 5.41) is 0. The van der Waals surface area contributed by atoms with E-state index in [2.05, 4.69) is 0 Å². The Labute approximate surface area is 165 Å². The van der Waals surface area contributed by atoms with Crippen LogP contribution >= 0.6 is 0 Å². The maximum Gasteiger partial charge on any atom is 0.232 e. The molecule has 0 aromatic heterocycles. The number of rotatable bonds is 4. The third-order valence-corrected chi connectivity index (χ3v) is 5.45. The van der Waals surface area contributed by atoms with Crippen LogP contribution in [-0.4, -0.2) is 79.4 Å². The van der Waals surface area contributed by atoms with Gasteiger partial charge in [0.1, 0.15) is 6.42 Å². The molecule has 3 amide bonds.